The van der Waals surface area contributed by atoms with E-state index < -0.39 is 23.6 Å². The van der Waals surface area contributed by atoms with Crippen molar-refractivity contribution in [1.82, 2.24) is 9.80 Å². The van der Waals surface area contributed by atoms with Crippen LogP contribution < -0.4 is 0 Å². The average molecular weight is 326 g/mol. The van der Waals surface area contributed by atoms with Crippen molar-refractivity contribution < 1.29 is 19.4 Å². The van der Waals surface area contributed by atoms with E-state index in [4.69, 9.17) is 4.74 Å². The van der Waals surface area contributed by atoms with Crippen molar-refractivity contribution in [3.63, 3.8) is 0 Å². The van der Waals surface area contributed by atoms with Gasteiger partial charge in [-0.15, -0.1) is 0 Å². The van der Waals surface area contributed by atoms with E-state index in [1.165, 1.54) is 0 Å². The summed E-state index contributed by atoms with van der Waals surface area (Å²) in [5, 5.41) is 9.43. The maximum atomic E-state index is 12.4. The number of aliphatic carboxylic acids is 1. The second-order valence-corrected chi connectivity index (χ2v) is 8.03. The molecule has 2 aliphatic rings. The molecule has 6 nitrogen and oxygen atoms in total. The maximum Gasteiger partial charge on any atom is 0.410 e. The minimum atomic E-state index is -0.825. The quantitative estimate of drug-likeness (QED) is 0.844. The Kier molecular flexibility index (Phi) is 5.55. The van der Waals surface area contributed by atoms with Gasteiger partial charge >= 0.3 is 12.1 Å². The van der Waals surface area contributed by atoms with Crippen LogP contribution in [-0.4, -0.2) is 64.8 Å². The van der Waals surface area contributed by atoms with Crippen LogP contribution in [-0.2, 0) is 9.53 Å². The number of nitrogens with zero attached hydrogens (tertiary/aromatic N) is 2. The number of ether oxygens (including phenoxy) is 1. The molecular weight excluding hydrogens is 296 g/mol. The lowest BCUT2D eigenvalue weighted by Crippen LogP contribution is -2.56. The Morgan fingerprint density at radius 2 is 1.74 bits per heavy atom. The minimum Gasteiger partial charge on any atom is -0.481 e. The van der Waals surface area contributed by atoms with E-state index in [0.717, 1.165) is 31.8 Å². The van der Waals surface area contributed by atoms with Crippen LogP contribution in [0, 0.1) is 11.8 Å². The molecule has 1 amide bonds. The molecular formula is C17H30N2O4. The lowest BCUT2D eigenvalue weighted by Gasteiger charge is -2.43. The monoisotopic (exact) mass is 326 g/mol. The second kappa shape index (κ2) is 7.07. The molecule has 0 aromatic rings. The van der Waals surface area contributed by atoms with Crippen LogP contribution in [0.1, 0.15) is 47.0 Å². The molecule has 0 aromatic heterocycles. The van der Waals surface area contributed by atoms with Gasteiger partial charge < -0.3 is 14.7 Å². The predicted octanol–water partition coefficient (Wildman–Crippen LogP) is 2.43. The highest BCUT2D eigenvalue weighted by atomic mass is 16.6. The van der Waals surface area contributed by atoms with Crippen LogP contribution in [0.15, 0.2) is 0 Å². The van der Waals surface area contributed by atoms with Gasteiger partial charge in [-0.2, -0.15) is 0 Å². The molecule has 2 rings (SSSR count). The van der Waals surface area contributed by atoms with E-state index in [1.807, 2.05) is 20.8 Å². The van der Waals surface area contributed by atoms with Crippen molar-refractivity contribution in [3.05, 3.63) is 0 Å². The summed E-state index contributed by atoms with van der Waals surface area (Å²) >= 11 is 0. The third-order valence-corrected chi connectivity index (χ3v) is 4.76. The Bertz CT molecular complexity index is 438. The molecule has 0 unspecified atom stereocenters. The third kappa shape index (κ3) is 5.09. The number of carboxylic acid groups (broad SMARTS) is 1. The number of likely N-dealkylation sites (tertiary alicyclic amines) is 2. The number of amides is 1. The van der Waals surface area contributed by atoms with Crippen LogP contribution in [0.4, 0.5) is 4.79 Å². The highest BCUT2D eigenvalue weighted by Crippen LogP contribution is 2.26. The summed E-state index contributed by atoms with van der Waals surface area (Å²) in [6.45, 7) is 10.5. The largest absolute Gasteiger partial charge is 0.481 e. The Morgan fingerprint density at radius 3 is 2.26 bits per heavy atom. The molecule has 23 heavy (non-hydrogen) atoms. The van der Waals surface area contributed by atoms with Crippen LogP contribution in [0.2, 0.25) is 0 Å². The maximum absolute atomic E-state index is 12.4. The van der Waals surface area contributed by atoms with E-state index in [2.05, 4.69) is 11.8 Å². The summed E-state index contributed by atoms with van der Waals surface area (Å²) in [5.41, 5.74) is -0.566. The zero-order valence-electron chi connectivity index (χ0n) is 14.7. The fourth-order valence-electron chi connectivity index (χ4n) is 3.39. The van der Waals surface area contributed by atoms with Gasteiger partial charge in [0, 0.05) is 19.1 Å². The van der Waals surface area contributed by atoms with Crippen molar-refractivity contribution >= 4 is 12.1 Å². The smallest absolute Gasteiger partial charge is 0.410 e. The summed E-state index contributed by atoms with van der Waals surface area (Å²) in [4.78, 5) is 27.8. The molecule has 0 aromatic carbocycles. The number of hydrogen-bond donors (Lipinski definition) is 1. The number of carboxylic acids is 1. The van der Waals surface area contributed by atoms with Gasteiger partial charge in [0.15, 0.2) is 0 Å². The van der Waals surface area contributed by atoms with E-state index in [0.29, 0.717) is 13.0 Å². The zero-order chi connectivity index (χ0) is 17.2. The number of hydrogen-bond acceptors (Lipinski definition) is 4. The molecule has 2 atom stereocenters. The Hall–Kier alpha value is -1.30. The van der Waals surface area contributed by atoms with E-state index in [1.54, 1.807) is 4.90 Å². The molecule has 2 heterocycles. The highest BCUT2D eigenvalue weighted by Gasteiger charge is 2.38. The molecule has 0 saturated carbocycles. The lowest BCUT2D eigenvalue weighted by molar-refractivity contribution is -0.144. The average Bonchev–Trinajstić information content (AvgIpc) is 2.45. The lowest BCUT2D eigenvalue weighted by atomic mass is 9.90. The molecule has 0 bridgehead atoms. The molecule has 0 radical (unpaired) electrons. The highest BCUT2D eigenvalue weighted by molar-refractivity contribution is 5.73. The van der Waals surface area contributed by atoms with Crippen LogP contribution in [0.3, 0.4) is 0 Å². The molecule has 6 heteroatoms. The SMILES string of the molecule is CC1CCN([C@@H]2C[C@@H](C(=O)O)CN(C(=O)OC(C)(C)C)C2)CC1. The first-order chi connectivity index (χ1) is 10.7. The van der Waals surface area contributed by atoms with Gasteiger partial charge in [0.1, 0.15) is 5.60 Å². The van der Waals surface area contributed by atoms with Crippen molar-refractivity contribution in [1.29, 1.82) is 0 Å². The van der Waals surface area contributed by atoms with Gasteiger partial charge in [-0.25, -0.2) is 4.79 Å². The number of carbonyl (C=O) groups is 2. The Morgan fingerprint density at radius 1 is 1.13 bits per heavy atom. The van der Waals surface area contributed by atoms with Gasteiger partial charge in [-0.1, -0.05) is 6.92 Å². The topological polar surface area (TPSA) is 70.1 Å². The molecule has 2 saturated heterocycles. The summed E-state index contributed by atoms with van der Waals surface area (Å²) in [6, 6.07) is 0.116. The normalized spacial score (nSPS) is 27.7. The molecule has 1 N–H and O–H groups in total. The van der Waals surface area contributed by atoms with Crippen molar-refractivity contribution in [2.45, 2.75) is 58.6 Å². The van der Waals surface area contributed by atoms with Crippen LogP contribution >= 0.6 is 0 Å². The van der Waals surface area contributed by atoms with Gasteiger partial charge in [0.25, 0.3) is 0 Å². The van der Waals surface area contributed by atoms with E-state index >= 15 is 0 Å². The third-order valence-electron chi connectivity index (χ3n) is 4.76. The molecule has 132 valence electrons. The molecule has 0 aliphatic carbocycles. The van der Waals surface area contributed by atoms with Gasteiger partial charge in [-0.05, 0) is 59.0 Å². The first kappa shape index (κ1) is 18.0. The second-order valence-electron chi connectivity index (χ2n) is 8.03. The summed E-state index contributed by atoms with van der Waals surface area (Å²) < 4.78 is 5.43. The predicted molar refractivity (Wildman–Crippen MR) is 87.3 cm³/mol. The van der Waals surface area contributed by atoms with Crippen molar-refractivity contribution in [2.75, 3.05) is 26.2 Å². The van der Waals surface area contributed by atoms with Crippen LogP contribution in [0.5, 0.6) is 0 Å². The molecule has 2 fully saturated rings. The van der Waals surface area contributed by atoms with Gasteiger partial charge in [0.2, 0.25) is 0 Å². The van der Waals surface area contributed by atoms with Crippen LogP contribution in [0.25, 0.3) is 0 Å². The summed E-state index contributed by atoms with van der Waals surface area (Å²) in [6.07, 6.45) is 2.49. The van der Waals surface area contributed by atoms with Gasteiger partial charge in [-0.3, -0.25) is 9.69 Å². The Labute approximate surface area is 138 Å². The first-order valence-electron chi connectivity index (χ1n) is 8.60. The minimum absolute atomic E-state index is 0.116. The fraction of sp³-hybridized carbons (Fsp3) is 0.882. The van der Waals surface area contributed by atoms with Crippen molar-refractivity contribution in [2.24, 2.45) is 11.8 Å². The number of piperidine rings is 2. The summed E-state index contributed by atoms with van der Waals surface area (Å²) in [7, 11) is 0. The standard InChI is InChI=1S/C17H30N2O4/c1-12-5-7-18(8-6-12)14-9-13(15(20)21)10-19(11-14)16(22)23-17(2,3)4/h12-14H,5-11H2,1-4H3,(H,20,21)/t13-,14-/m1/s1. The first-order valence-corrected chi connectivity index (χ1v) is 8.60. The van der Waals surface area contributed by atoms with E-state index in [-0.39, 0.29) is 12.6 Å². The molecule has 0 spiro atoms. The van der Waals surface area contributed by atoms with E-state index in [9.17, 15) is 14.7 Å². The summed E-state index contributed by atoms with van der Waals surface area (Å²) in [5.74, 6) is -0.610. The van der Waals surface area contributed by atoms with Crippen molar-refractivity contribution in [3.8, 4) is 0 Å². The Balaban J connectivity index is 2.05. The number of carbonyl (C=O) groups excluding carboxylic acids is 1. The fourth-order valence-corrected chi connectivity index (χ4v) is 3.39. The van der Waals surface area contributed by atoms with Gasteiger partial charge in [0.05, 0.1) is 5.92 Å². The molecule has 2 aliphatic heterocycles. The number of rotatable bonds is 2. The zero-order valence-corrected chi connectivity index (χ0v) is 14.7.